The van der Waals surface area contributed by atoms with Crippen molar-refractivity contribution in [1.29, 1.82) is 0 Å². The number of aromatic nitrogens is 6. The Morgan fingerprint density at radius 1 is 1.32 bits per heavy atom. The highest BCUT2D eigenvalue weighted by atomic mass is 32.2. The van der Waals surface area contributed by atoms with Gasteiger partial charge in [-0.1, -0.05) is 36.9 Å². The number of tetrazole rings is 1. The fraction of sp³-hybridized carbons (Fsp3) is 0.333. The molecule has 0 spiro atoms. The number of benzene rings is 1. The van der Waals surface area contributed by atoms with Gasteiger partial charge in [-0.25, -0.2) is 9.67 Å². The van der Waals surface area contributed by atoms with Crippen LogP contribution in [0.2, 0.25) is 0 Å². The summed E-state index contributed by atoms with van der Waals surface area (Å²) in [5, 5.41) is 12.8. The summed E-state index contributed by atoms with van der Waals surface area (Å²) in [6, 6.07) is 8.14. The van der Waals surface area contributed by atoms with E-state index in [9.17, 15) is 0 Å². The van der Waals surface area contributed by atoms with Crippen molar-refractivity contribution in [3.8, 4) is 0 Å². The summed E-state index contributed by atoms with van der Waals surface area (Å²) in [6.45, 7) is 7.53. The molecule has 6 nitrogen and oxygen atoms in total. The van der Waals surface area contributed by atoms with E-state index in [2.05, 4.69) is 39.7 Å². The monoisotopic (exact) mass is 314 g/mol. The van der Waals surface area contributed by atoms with Gasteiger partial charge in [0.2, 0.25) is 0 Å². The van der Waals surface area contributed by atoms with Gasteiger partial charge in [0.15, 0.2) is 11.0 Å². The predicted molar refractivity (Wildman–Crippen MR) is 87.6 cm³/mol. The highest BCUT2D eigenvalue weighted by Crippen LogP contribution is 2.26. The summed E-state index contributed by atoms with van der Waals surface area (Å²) in [5.41, 5.74) is 2.12. The van der Waals surface area contributed by atoms with Crippen molar-refractivity contribution in [3.63, 3.8) is 0 Å². The first-order chi connectivity index (χ1) is 10.8. The largest absolute Gasteiger partial charge is 0.315 e. The number of aryl methyl sites for hydroxylation is 1. The van der Waals surface area contributed by atoms with Crippen LogP contribution in [-0.4, -0.2) is 29.8 Å². The molecule has 2 aromatic heterocycles. The average molecular weight is 314 g/mol. The SMILES string of the molecule is C=CCn1c(SCc2nnnn2CCC)nc2ccccc21. The number of para-hydroxylation sites is 2. The number of imidazole rings is 1. The van der Waals surface area contributed by atoms with E-state index in [0.717, 1.165) is 41.5 Å². The zero-order chi connectivity index (χ0) is 15.4. The topological polar surface area (TPSA) is 61.4 Å². The van der Waals surface area contributed by atoms with Crippen LogP contribution in [0.1, 0.15) is 19.2 Å². The van der Waals surface area contributed by atoms with E-state index in [-0.39, 0.29) is 0 Å². The Kier molecular flexibility index (Phi) is 4.53. The van der Waals surface area contributed by atoms with Gasteiger partial charge >= 0.3 is 0 Å². The average Bonchev–Trinajstić information content (AvgIpc) is 3.11. The van der Waals surface area contributed by atoms with Crippen LogP contribution in [0.25, 0.3) is 11.0 Å². The van der Waals surface area contributed by atoms with Gasteiger partial charge in [0.25, 0.3) is 0 Å². The lowest BCUT2D eigenvalue weighted by Crippen LogP contribution is -2.05. The van der Waals surface area contributed by atoms with Crippen LogP contribution in [0.15, 0.2) is 42.1 Å². The maximum atomic E-state index is 4.71. The second-order valence-corrected chi connectivity index (χ2v) is 5.83. The molecule has 0 unspecified atom stereocenters. The Morgan fingerprint density at radius 3 is 3.00 bits per heavy atom. The van der Waals surface area contributed by atoms with E-state index in [1.165, 1.54) is 0 Å². The first-order valence-corrected chi connectivity index (χ1v) is 8.26. The van der Waals surface area contributed by atoms with Crippen molar-refractivity contribution in [2.75, 3.05) is 0 Å². The molecule has 0 aliphatic rings. The molecule has 0 aliphatic heterocycles. The molecule has 7 heteroatoms. The van der Waals surface area contributed by atoms with Gasteiger partial charge in [-0.05, 0) is 29.0 Å². The molecule has 0 N–H and O–H groups in total. The maximum absolute atomic E-state index is 4.71. The molecule has 0 bridgehead atoms. The number of nitrogens with zero attached hydrogens (tertiary/aromatic N) is 6. The summed E-state index contributed by atoms with van der Waals surface area (Å²) in [4.78, 5) is 4.71. The van der Waals surface area contributed by atoms with E-state index in [4.69, 9.17) is 4.98 Å². The highest BCUT2D eigenvalue weighted by molar-refractivity contribution is 7.98. The van der Waals surface area contributed by atoms with E-state index in [0.29, 0.717) is 5.75 Å². The first kappa shape index (κ1) is 14.8. The molecule has 3 aromatic rings. The molecule has 114 valence electrons. The Labute approximate surface area is 133 Å². The van der Waals surface area contributed by atoms with Crippen molar-refractivity contribution in [1.82, 2.24) is 29.8 Å². The molecule has 0 radical (unpaired) electrons. The Balaban J connectivity index is 1.85. The van der Waals surface area contributed by atoms with E-state index < -0.39 is 0 Å². The third kappa shape index (κ3) is 2.89. The molecule has 0 saturated carbocycles. The van der Waals surface area contributed by atoms with Crippen LogP contribution in [-0.2, 0) is 18.8 Å². The van der Waals surface area contributed by atoms with Gasteiger partial charge < -0.3 is 4.57 Å². The Bertz CT molecular complexity index is 775. The lowest BCUT2D eigenvalue weighted by atomic mass is 10.3. The summed E-state index contributed by atoms with van der Waals surface area (Å²) in [5.74, 6) is 1.58. The smallest absolute Gasteiger partial charge is 0.169 e. The lowest BCUT2D eigenvalue weighted by molar-refractivity contribution is 0.564. The van der Waals surface area contributed by atoms with Gasteiger partial charge in [0, 0.05) is 13.1 Å². The molecule has 0 fully saturated rings. The van der Waals surface area contributed by atoms with Gasteiger partial charge in [0.05, 0.1) is 16.8 Å². The fourth-order valence-electron chi connectivity index (χ4n) is 2.31. The van der Waals surface area contributed by atoms with Crippen molar-refractivity contribution in [2.24, 2.45) is 0 Å². The van der Waals surface area contributed by atoms with Crippen LogP contribution >= 0.6 is 11.8 Å². The third-order valence-corrected chi connectivity index (χ3v) is 4.28. The van der Waals surface area contributed by atoms with E-state index >= 15 is 0 Å². The van der Waals surface area contributed by atoms with Crippen LogP contribution in [0, 0.1) is 0 Å². The minimum absolute atomic E-state index is 0.702. The van der Waals surface area contributed by atoms with E-state index in [1.54, 1.807) is 11.8 Å². The van der Waals surface area contributed by atoms with Crippen LogP contribution in [0.4, 0.5) is 0 Å². The molecule has 2 heterocycles. The predicted octanol–water partition coefficient (Wildman–Crippen LogP) is 2.91. The number of thioether (sulfide) groups is 1. The zero-order valence-electron chi connectivity index (χ0n) is 12.5. The highest BCUT2D eigenvalue weighted by Gasteiger charge is 2.12. The molecular weight excluding hydrogens is 296 g/mol. The number of allylic oxidation sites excluding steroid dienone is 1. The van der Waals surface area contributed by atoms with Crippen LogP contribution in [0.3, 0.4) is 0 Å². The second-order valence-electron chi connectivity index (χ2n) is 4.89. The first-order valence-electron chi connectivity index (χ1n) is 7.27. The number of hydrogen-bond acceptors (Lipinski definition) is 5. The number of hydrogen-bond donors (Lipinski definition) is 0. The van der Waals surface area contributed by atoms with Crippen LogP contribution in [0.5, 0.6) is 0 Å². The maximum Gasteiger partial charge on any atom is 0.169 e. The lowest BCUT2D eigenvalue weighted by Gasteiger charge is -2.06. The van der Waals surface area contributed by atoms with Crippen molar-refractivity contribution in [3.05, 3.63) is 42.7 Å². The van der Waals surface area contributed by atoms with Crippen molar-refractivity contribution >= 4 is 22.8 Å². The molecule has 1 aromatic carbocycles. The number of fused-ring (bicyclic) bond motifs is 1. The molecular formula is C15H18N6S. The summed E-state index contributed by atoms with van der Waals surface area (Å²) >= 11 is 1.65. The Hall–Kier alpha value is -2.15. The molecule has 0 amide bonds. The van der Waals surface area contributed by atoms with Crippen molar-refractivity contribution < 1.29 is 0 Å². The van der Waals surface area contributed by atoms with Gasteiger partial charge in [0.1, 0.15) is 0 Å². The fourth-order valence-corrected chi connectivity index (χ4v) is 3.27. The van der Waals surface area contributed by atoms with Gasteiger partial charge in [-0.3, -0.25) is 0 Å². The third-order valence-electron chi connectivity index (χ3n) is 3.30. The number of rotatable bonds is 7. The summed E-state index contributed by atoms with van der Waals surface area (Å²) in [6.07, 6.45) is 2.90. The summed E-state index contributed by atoms with van der Waals surface area (Å²) < 4.78 is 4.02. The second kappa shape index (κ2) is 6.74. The molecule has 0 saturated heterocycles. The molecule has 3 rings (SSSR count). The summed E-state index contributed by atoms with van der Waals surface area (Å²) in [7, 11) is 0. The molecule has 0 aliphatic carbocycles. The minimum atomic E-state index is 0.702. The van der Waals surface area contributed by atoms with Crippen LogP contribution < -0.4 is 0 Å². The minimum Gasteiger partial charge on any atom is -0.315 e. The molecule has 22 heavy (non-hydrogen) atoms. The standard InChI is InChI=1S/C15H18N6S/c1-3-9-20-13-8-6-5-7-12(13)16-15(20)22-11-14-17-18-19-21(14)10-4-2/h3,5-8H,1,4,9-11H2,2H3. The van der Waals surface area contributed by atoms with Crippen molar-refractivity contribution in [2.45, 2.75) is 37.3 Å². The van der Waals surface area contributed by atoms with Gasteiger partial charge in [-0.2, -0.15) is 0 Å². The van der Waals surface area contributed by atoms with E-state index in [1.807, 2.05) is 29.0 Å². The quantitative estimate of drug-likeness (QED) is 0.496. The normalized spacial score (nSPS) is 11.1. The zero-order valence-corrected chi connectivity index (χ0v) is 13.3. The Morgan fingerprint density at radius 2 is 2.18 bits per heavy atom. The molecule has 0 atom stereocenters. The van der Waals surface area contributed by atoms with Gasteiger partial charge in [-0.15, -0.1) is 11.7 Å².